The molecule has 1 rings (SSSR count). The molecule has 7 heteroatoms. The first kappa shape index (κ1) is 14.9. The maximum atomic E-state index is 8.52. The molecule has 5 nitrogen and oxygen atoms in total. The summed E-state index contributed by atoms with van der Waals surface area (Å²) in [4.78, 5) is 0. The fourth-order valence-corrected chi connectivity index (χ4v) is 0.453. The summed E-state index contributed by atoms with van der Waals surface area (Å²) < 4.78 is 34.1. The molecule has 0 unspecified atom stereocenters. The number of rotatable bonds is 0. The minimum atomic E-state index is -5.17. The fourth-order valence-electron chi connectivity index (χ4n) is 0.453. The van der Waals surface area contributed by atoms with Crippen molar-refractivity contribution in [3.05, 3.63) is 30.3 Å². The third-order valence-electron chi connectivity index (χ3n) is 0.800. The van der Waals surface area contributed by atoms with Crippen molar-refractivity contribution in [1.29, 1.82) is 0 Å². The summed E-state index contributed by atoms with van der Waals surface area (Å²) in [7, 11) is -5.17. The minimum Gasteiger partial charge on any atom is -0.759 e. The van der Waals surface area contributed by atoms with E-state index in [9.17, 15) is 0 Å². The topological polar surface area (TPSA) is 106 Å². The molecule has 0 saturated heterocycles. The molecular weight excluding hydrogens is 238 g/mol. The van der Waals surface area contributed by atoms with E-state index in [0.717, 1.165) is 5.69 Å². The van der Waals surface area contributed by atoms with Crippen molar-refractivity contribution >= 4 is 16.1 Å². The number of nitrogens with two attached hydrogens (primary N) is 1. The van der Waals surface area contributed by atoms with E-state index in [-0.39, 0.29) is 17.1 Å². The smallest absolute Gasteiger partial charge is 0.759 e. The molecule has 74 valence electrons. The van der Waals surface area contributed by atoms with E-state index < -0.39 is 10.4 Å². The van der Waals surface area contributed by atoms with Crippen LogP contribution in [0, 0.1) is 0 Å². The normalized spacial score (nSPS) is 9.08. The van der Waals surface area contributed by atoms with Gasteiger partial charge >= 0.3 is 17.1 Å². The second-order valence-electron chi connectivity index (χ2n) is 1.82. The van der Waals surface area contributed by atoms with Crippen LogP contribution in [-0.2, 0) is 27.5 Å². The van der Waals surface area contributed by atoms with Crippen LogP contribution in [0.25, 0.3) is 0 Å². The Hall–Kier alpha value is -0.591. The third-order valence-corrected chi connectivity index (χ3v) is 0.800. The number of benzene rings is 1. The number of hydrogen-bond donors (Lipinski definition) is 1. The molecule has 0 bridgehead atoms. The van der Waals surface area contributed by atoms with Gasteiger partial charge in [-0.1, -0.05) is 18.2 Å². The summed E-state index contributed by atoms with van der Waals surface area (Å²) in [5.41, 5.74) is 6.18. The van der Waals surface area contributed by atoms with Gasteiger partial charge in [-0.3, -0.25) is 8.42 Å². The van der Waals surface area contributed by atoms with E-state index in [0.29, 0.717) is 0 Å². The Balaban J connectivity index is 0. The second-order valence-corrected chi connectivity index (χ2v) is 2.64. The van der Waals surface area contributed by atoms with E-state index in [1.807, 2.05) is 30.3 Å². The second kappa shape index (κ2) is 6.88. The summed E-state index contributed by atoms with van der Waals surface area (Å²) in [6, 6.07) is 9.49. The van der Waals surface area contributed by atoms with Gasteiger partial charge in [-0.2, -0.15) is 0 Å². The van der Waals surface area contributed by atoms with E-state index in [1.165, 1.54) is 0 Å². The largest absolute Gasteiger partial charge is 2.00 e. The molecule has 1 aromatic carbocycles. The van der Waals surface area contributed by atoms with E-state index in [2.05, 4.69) is 0 Å². The predicted octanol–water partition coefficient (Wildman–Crippen LogP) is -0.0717. The molecule has 0 fully saturated rings. The van der Waals surface area contributed by atoms with Gasteiger partial charge in [0.1, 0.15) is 0 Å². The molecule has 0 aromatic heterocycles. The van der Waals surface area contributed by atoms with Gasteiger partial charge in [0.25, 0.3) is 0 Å². The number of para-hydroxylation sites is 1. The maximum Gasteiger partial charge on any atom is 2.00 e. The Bertz CT molecular complexity index is 305. The Morgan fingerprint density at radius 3 is 1.54 bits per heavy atom. The van der Waals surface area contributed by atoms with Crippen molar-refractivity contribution in [2.75, 3.05) is 5.73 Å². The monoisotopic (exact) mass is 245 g/mol. The predicted molar refractivity (Wildman–Crippen MR) is 41.3 cm³/mol. The number of nitrogen functional groups attached to an aromatic ring is 1. The minimum absolute atomic E-state index is 0. The van der Waals surface area contributed by atoms with Gasteiger partial charge < -0.3 is 14.8 Å². The van der Waals surface area contributed by atoms with Crippen LogP contribution >= 0.6 is 0 Å². The van der Waals surface area contributed by atoms with E-state index in [4.69, 9.17) is 23.3 Å². The SMILES string of the molecule is Nc1ccccc1.O=S(=O)([O-])[O-].[Fe+2]. The molecule has 0 aliphatic carbocycles. The molecule has 0 aliphatic rings. The first-order valence-corrected chi connectivity index (χ1v) is 4.20. The summed E-state index contributed by atoms with van der Waals surface area (Å²) in [5, 5.41) is 0. The van der Waals surface area contributed by atoms with Crippen LogP contribution in [0.3, 0.4) is 0 Å². The zero-order valence-corrected chi connectivity index (χ0v) is 8.28. The van der Waals surface area contributed by atoms with Gasteiger partial charge in [-0.05, 0) is 12.1 Å². The van der Waals surface area contributed by atoms with Crippen LogP contribution < -0.4 is 5.73 Å². The van der Waals surface area contributed by atoms with Crippen LogP contribution in [0.5, 0.6) is 0 Å². The Labute approximate surface area is 87.0 Å². The first-order valence-electron chi connectivity index (χ1n) is 2.87. The standard InChI is InChI=1S/C6H7N.Fe.H2O4S/c7-6-4-2-1-3-5-6;;1-5(2,3)4/h1-5H,7H2;;(H2,1,2,3,4)/q;+2;/p-2. The van der Waals surface area contributed by atoms with Gasteiger partial charge in [0.05, 0.1) is 0 Å². The average molecular weight is 245 g/mol. The first-order chi connectivity index (χ1) is 5.39. The molecule has 0 heterocycles. The van der Waals surface area contributed by atoms with Crippen molar-refractivity contribution in [1.82, 2.24) is 0 Å². The summed E-state index contributed by atoms with van der Waals surface area (Å²) in [6.07, 6.45) is 0. The molecule has 0 amide bonds. The quantitative estimate of drug-likeness (QED) is 0.298. The zero-order chi connectivity index (χ0) is 9.61. The summed E-state index contributed by atoms with van der Waals surface area (Å²) in [6.45, 7) is 0. The van der Waals surface area contributed by atoms with Crippen LogP contribution in [0.4, 0.5) is 5.69 Å². The van der Waals surface area contributed by atoms with Crippen LogP contribution in [0.1, 0.15) is 0 Å². The molecule has 0 spiro atoms. The van der Waals surface area contributed by atoms with Crippen molar-refractivity contribution in [3.8, 4) is 0 Å². The molecule has 2 N–H and O–H groups in total. The molecule has 0 aliphatic heterocycles. The molecule has 0 saturated carbocycles. The maximum absolute atomic E-state index is 8.52. The number of anilines is 1. The van der Waals surface area contributed by atoms with Crippen molar-refractivity contribution < 1.29 is 34.6 Å². The zero-order valence-electron chi connectivity index (χ0n) is 6.36. The fraction of sp³-hybridized carbons (Fsp3) is 0. The van der Waals surface area contributed by atoms with Crippen molar-refractivity contribution in [2.45, 2.75) is 0 Å². The summed E-state index contributed by atoms with van der Waals surface area (Å²) >= 11 is 0. The van der Waals surface area contributed by atoms with E-state index >= 15 is 0 Å². The van der Waals surface area contributed by atoms with Gasteiger partial charge in [-0.15, -0.1) is 0 Å². The van der Waals surface area contributed by atoms with Gasteiger partial charge in [0.2, 0.25) is 0 Å². The Morgan fingerprint density at radius 1 is 1.08 bits per heavy atom. The molecule has 0 radical (unpaired) electrons. The average Bonchev–Trinajstić information content (AvgIpc) is 1.85. The number of hydrogen-bond acceptors (Lipinski definition) is 5. The van der Waals surface area contributed by atoms with E-state index in [1.54, 1.807) is 0 Å². The van der Waals surface area contributed by atoms with Gasteiger partial charge in [0, 0.05) is 16.1 Å². The molecular formula is C6H7FeNO4S. The summed E-state index contributed by atoms with van der Waals surface area (Å²) in [5.74, 6) is 0. The Kier molecular flexibility index (Phi) is 7.88. The van der Waals surface area contributed by atoms with Crippen molar-refractivity contribution in [2.24, 2.45) is 0 Å². The Morgan fingerprint density at radius 2 is 1.38 bits per heavy atom. The molecule has 0 atom stereocenters. The molecule has 13 heavy (non-hydrogen) atoms. The van der Waals surface area contributed by atoms with Crippen LogP contribution in [0.15, 0.2) is 30.3 Å². The van der Waals surface area contributed by atoms with Crippen molar-refractivity contribution in [3.63, 3.8) is 0 Å². The van der Waals surface area contributed by atoms with Crippen LogP contribution in [-0.4, -0.2) is 17.5 Å². The third kappa shape index (κ3) is 18.4. The molecule has 1 aromatic rings. The van der Waals surface area contributed by atoms with Gasteiger partial charge in [0.15, 0.2) is 0 Å². The van der Waals surface area contributed by atoms with Gasteiger partial charge in [-0.25, -0.2) is 0 Å². The van der Waals surface area contributed by atoms with Crippen LogP contribution in [0.2, 0.25) is 0 Å².